The van der Waals surface area contributed by atoms with E-state index in [2.05, 4.69) is 4.98 Å². The molecule has 31 heavy (non-hydrogen) atoms. The van der Waals surface area contributed by atoms with Crippen molar-refractivity contribution in [3.63, 3.8) is 0 Å². The molecule has 164 valence electrons. The lowest BCUT2D eigenvalue weighted by Gasteiger charge is -2.38. The molecule has 1 amide bonds. The van der Waals surface area contributed by atoms with Crippen LogP contribution in [0.3, 0.4) is 0 Å². The van der Waals surface area contributed by atoms with E-state index in [1.54, 1.807) is 33.4 Å². The van der Waals surface area contributed by atoms with Crippen LogP contribution in [0.5, 0.6) is 0 Å². The molecule has 5 heterocycles. The lowest BCUT2D eigenvalue weighted by atomic mass is 9.78. The summed E-state index contributed by atoms with van der Waals surface area (Å²) in [6.07, 6.45) is 7.54. The minimum atomic E-state index is -3.74. The Labute approximate surface area is 193 Å². The van der Waals surface area contributed by atoms with Crippen molar-refractivity contribution in [1.82, 2.24) is 18.6 Å². The number of sulfonamides is 1. The highest BCUT2D eigenvalue weighted by Crippen LogP contribution is 2.43. The van der Waals surface area contributed by atoms with E-state index in [0.717, 1.165) is 24.8 Å². The van der Waals surface area contributed by atoms with E-state index < -0.39 is 10.0 Å². The molecule has 5 rings (SSSR count). The molecule has 2 saturated heterocycles. The van der Waals surface area contributed by atoms with Gasteiger partial charge < -0.3 is 4.90 Å². The van der Waals surface area contributed by atoms with E-state index >= 15 is 0 Å². The molecule has 3 aromatic heterocycles. The fourth-order valence-electron chi connectivity index (χ4n) is 4.44. The monoisotopic (exact) mass is 496 g/mol. The number of thiazole rings is 1. The fraction of sp³-hybridized carbons (Fsp3) is 0.400. The lowest BCUT2D eigenvalue weighted by molar-refractivity contribution is -0.128. The Morgan fingerprint density at radius 2 is 1.97 bits per heavy atom. The smallest absolute Gasteiger partial charge is 0.262 e. The number of hydrogen-bond acceptors (Lipinski definition) is 6. The number of piperidine rings is 1. The van der Waals surface area contributed by atoms with Crippen LogP contribution in [0.25, 0.3) is 11.0 Å². The third-order valence-electron chi connectivity index (χ3n) is 6.26. The van der Waals surface area contributed by atoms with Crippen molar-refractivity contribution in [2.24, 2.45) is 5.41 Å². The number of nitrogens with zero attached hydrogens (tertiary/aromatic N) is 4. The van der Waals surface area contributed by atoms with E-state index in [9.17, 15) is 13.2 Å². The summed E-state index contributed by atoms with van der Waals surface area (Å²) in [5, 5.41) is 5.84. The molecule has 2 aliphatic rings. The Hall–Kier alpha value is -1.72. The SMILES string of the molecule is O=C(/C=C/c1ccsc1)N1CCC2(CC1)CCN(S(=O)(=O)c1c(Cl)nc3sccn13)C2. The molecule has 1 spiro atoms. The summed E-state index contributed by atoms with van der Waals surface area (Å²) >= 11 is 9.14. The van der Waals surface area contributed by atoms with Gasteiger partial charge in [-0.15, -0.1) is 11.3 Å². The average molecular weight is 497 g/mol. The molecular weight excluding hydrogens is 476 g/mol. The zero-order chi connectivity index (χ0) is 21.6. The van der Waals surface area contributed by atoms with Crippen molar-refractivity contribution in [3.05, 3.63) is 45.2 Å². The molecular formula is C20H21ClN4O3S3. The van der Waals surface area contributed by atoms with E-state index in [1.807, 2.05) is 27.8 Å². The van der Waals surface area contributed by atoms with Crippen LogP contribution in [0.4, 0.5) is 0 Å². The number of hydrogen-bond donors (Lipinski definition) is 0. The highest BCUT2D eigenvalue weighted by atomic mass is 35.5. The number of likely N-dealkylation sites (tertiary alicyclic amines) is 1. The first-order valence-corrected chi connectivity index (χ1v) is 13.6. The number of fused-ring (bicyclic) bond motifs is 1. The second-order valence-corrected chi connectivity index (χ2v) is 11.9. The van der Waals surface area contributed by atoms with Crippen LogP contribution < -0.4 is 0 Å². The van der Waals surface area contributed by atoms with Gasteiger partial charge in [0.25, 0.3) is 10.0 Å². The van der Waals surface area contributed by atoms with Gasteiger partial charge in [-0.1, -0.05) is 11.6 Å². The Morgan fingerprint density at radius 3 is 2.71 bits per heavy atom. The molecule has 11 heteroatoms. The molecule has 3 aromatic rings. The third-order valence-corrected chi connectivity index (χ3v) is 9.97. The number of rotatable bonds is 4. The number of imidazole rings is 1. The first-order chi connectivity index (χ1) is 14.9. The van der Waals surface area contributed by atoms with E-state index in [4.69, 9.17) is 11.6 Å². The Balaban J connectivity index is 1.26. The summed E-state index contributed by atoms with van der Waals surface area (Å²) in [5.41, 5.74) is 0.938. The Morgan fingerprint density at radius 1 is 1.19 bits per heavy atom. The van der Waals surface area contributed by atoms with E-state index in [-0.39, 0.29) is 21.5 Å². The molecule has 0 aliphatic carbocycles. The van der Waals surface area contributed by atoms with Gasteiger partial charge in [-0.25, -0.2) is 13.4 Å². The van der Waals surface area contributed by atoms with Crippen LogP contribution in [-0.4, -0.2) is 59.1 Å². The fourth-order valence-corrected chi connectivity index (χ4v) is 8.03. The summed E-state index contributed by atoms with van der Waals surface area (Å²) in [6, 6.07) is 1.98. The summed E-state index contributed by atoms with van der Waals surface area (Å²) in [7, 11) is -3.74. The van der Waals surface area contributed by atoms with Crippen LogP contribution in [0.1, 0.15) is 24.8 Å². The number of amides is 1. The summed E-state index contributed by atoms with van der Waals surface area (Å²) < 4.78 is 29.8. The molecule has 0 saturated carbocycles. The number of carbonyl (C=O) groups is 1. The summed E-state index contributed by atoms with van der Waals surface area (Å²) in [5.74, 6) is 0.00872. The van der Waals surface area contributed by atoms with E-state index in [0.29, 0.717) is 31.1 Å². The van der Waals surface area contributed by atoms with Gasteiger partial charge >= 0.3 is 0 Å². The lowest BCUT2D eigenvalue weighted by Crippen LogP contribution is -2.44. The highest BCUT2D eigenvalue weighted by molar-refractivity contribution is 7.89. The summed E-state index contributed by atoms with van der Waals surface area (Å²) in [6.45, 7) is 2.20. The van der Waals surface area contributed by atoms with Crippen LogP contribution >= 0.6 is 34.3 Å². The minimum Gasteiger partial charge on any atom is -0.339 e. The second kappa shape index (κ2) is 8.00. The molecule has 0 N–H and O–H groups in total. The van der Waals surface area contributed by atoms with E-state index in [1.165, 1.54) is 15.6 Å². The maximum absolute atomic E-state index is 13.3. The molecule has 2 fully saturated rings. The molecule has 2 aliphatic heterocycles. The number of aromatic nitrogens is 2. The molecule has 0 unspecified atom stereocenters. The van der Waals surface area contributed by atoms with Crippen molar-refractivity contribution in [2.45, 2.75) is 24.3 Å². The topological polar surface area (TPSA) is 75.0 Å². The molecule has 0 aromatic carbocycles. The van der Waals surface area contributed by atoms with Crippen LogP contribution in [0.2, 0.25) is 5.15 Å². The zero-order valence-corrected chi connectivity index (χ0v) is 19.8. The van der Waals surface area contributed by atoms with Crippen LogP contribution in [0, 0.1) is 5.41 Å². The molecule has 0 atom stereocenters. The van der Waals surface area contributed by atoms with Crippen LogP contribution in [-0.2, 0) is 14.8 Å². The largest absolute Gasteiger partial charge is 0.339 e. The predicted molar refractivity (Wildman–Crippen MR) is 123 cm³/mol. The standard InChI is InChI=1S/C20H21ClN4O3S3/c21-17-18(25-10-12-30-19(25)22-17)31(27,28)24-9-6-20(14-24)4-7-23(8-5-20)16(26)2-1-15-3-11-29-13-15/h1-3,10-13H,4-9,14H2/b2-1+. The van der Waals surface area contributed by atoms with Gasteiger partial charge in [-0.05, 0) is 53.1 Å². The van der Waals surface area contributed by atoms with Crippen molar-refractivity contribution < 1.29 is 13.2 Å². The van der Waals surface area contributed by atoms with Gasteiger partial charge in [-0.3, -0.25) is 9.20 Å². The first-order valence-electron chi connectivity index (χ1n) is 9.98. The van der Waals surface area contributed by atoms with Gasteiger partial charge in [0.2, 0.25) is 5.91 Å². The van der Waals surface area contributed by atoms with Gasteiger partial charge in [0, 0.05) is 43.8 Å². The number of halogens is 1. The highest BCUT2D eigenvalue weighted by Gasteiger charge is 2.46. The van der Waals surface area contributed by atoms with Crippen molar-refractivity contribution in [1.29, 1.82) is 0 Å². The normalized spacial score (nSPS) is 19.8. The van der Waals surface area contributed by atoms with Crippen molar-refractivity contribution in [3.8, 4) is 0 Å². The first kappa shape index (κ1) is 21.1. The Bertz CT molecular complexity index is 1240. The third kappa shape index (κ3) is 3.84. The minimum absolute atomic E-state index is 0.00872. The van der Waals surface area contributed by atoms with Crippen LogP contribution in [0.15, 0.2) is 39.5 Å². The predicted octanol–water partition coefficient (Wildman–Crippen LogP) is 3.83. The molecule has 0 radical (unpaired) electrons. The summed E-state index contributed by atoms with van der Waals surface area (Å²) in [4.78, 5) is 19.1. The van der Waals surface area contributed by atoms with Gasteiger partial charge in [0.15, 0.2) is 15.1 Å². The second-order valence-electron chi connectivity index (χ2n) is 8.07. The van der Waals surface area contributed by atoms with Gasteiger partial charge in [0.05, 0.1) is 0 Å². The quantitative estimate of drug-likeness (QED) is 0.514. The number of carbonyl (C=O) groups excluding carboxylic acids is 1. The van der Waals surface area contributed by atoms with Gasteiger partial charge in [-0.2, -0.15) is 15.6 Å². The van der Waals surface area contributed by atoms with Crippen molar-refractivity contribution in [2.75, 3.05) is 26.2 Å². The average Bonchev–Trinajstić information content (AvgIpc) is 3.51. The Kier molecular flexibility index (Phi) is 5.46. The van der Waals surface area contributed by atoms with Gasteiger partial charge in [0.1, 0.15) is 0 Å². The number of thiophene rings is 1. The molecule has 0 bridgehead atoms. The zero-order valence-electron chi connectivity index (χ0n) is 16.6. The molecule has 7 nitrogen and oxygen atoms in total. The maximum Gasteiger partial charge on any atom is 0.262 e. The maximum atomic E-state index is 13.3. The van der Waals surface area contributed by atoms with Crippen molar-refractivity contribution >= 4 is 61.2 Å².